The minimum atomic E-state index is -0.637. The van der Waals surface area contributed by atoms with E-state index < -0.39 is 6.10 Å². The number of nitrogens with zero attached hydrogens (tertiary/aromatic N) is 1. The lowest BCUT2D eigenvalue weighted by Crippen LogP contribution is -2.68. The molecule has 0 bridgehead atoms. The molecule has 0 saturated heterocycles. The van der Waals surface area contributed by atoms with Gasteiger partial charge in [-0.2, -0.15) is 0 Å². The van der Waals surface area contributed by atoms with E-state index in [2.05, 4.69) is 29.5 Å². The monoisotopic (exact) mass is 503 g/mol. The summed E-state index contributed by atoms with van der Waals surface area (Å²) in [5, 5.41) is 17.4. The van der Waals surface area contributed by atoms with E-state index in [1.54, 1.807) is 7.11 Å². The SMILES string of the molecule is CCNC(=NCC(O)c1ccc(OC)cc1)NC1CC(OCC)C12CCC2.I. The molecule has 2 aliphatic carbocycles. The van der Waals surface area contributed by atoms with E-state index >= 15 is 0 Å². The molecule has 1 spiro atoms. The van der Waals surface area contributed by atoms with Crippen molar-refractivity contribution in [1.29, 1.82) is 0 Å². The Morgan fingerprint density at radius 3 is 2.54 bits per heavy atom. The standard InChI is InChI=1S/C21H33N3O3.HI/c1-4-22-20(23-14-17(25)15-7-9-16(26-3)10-8-15)24-18-13-19(27-5-2)21(18)11-6-12-21;/h7-10,17-19,25H,4-6,11-14H2,1-3H3,(H2,22,23,24);1H. The fourth-order valence-electron chi connectivity index (χ4n) is 4.23. The van der Waals surface area contributed by atoms with Crippen molar-refractivity contribution in [3.05, 3.63) is 29.8 Å². The van der Waals surface area contributed by atoms with Crippen LogP contribution in [-0.4, -0.2) is 50.0 Å². The molecule has 3 unspecified atom stereocenters. The van der Waals surface area contributed by atoms with Crippen molar-refractivity contribution < 1.29 is 14.6 Å². The fraction of sp³-hybridized carbons (Fsp3) is 0.667. The van der Waals surface area contributed by atoms with Crippen LogP contribution in [0.2, 0.25) is 0 Å². The molecule has 7 heteroatoms. The van der Waals surface area contributed by atoms with Crippen molar-refractivity contribution in [3.8, 4) is 5.75 Å². The van der Waals surface area contributed by atoms with Crippen LogP contribution in [0.3, 0.4) is 0 Å². The van der Waals surface area contributed by atoms with Gasteiger partial charge >= 0.3 is 0 Å². The minimum Gasteiger partial charge on any atom is -0.497 e. The average Bonchev–Trinajstić information content (AvgIpc) is 2.63. The molecular formula is C21H34IN3O3. The minimum absolute atomic E-state index is 0. The highest BCUT2D eigenvalue weighted by Gasteiger charge is 2.59. The predicted molar refractivity (Wildman–Crippen MR) is 123 cm³/mol. The van der Waals surface area contributed by atoms with E-state index in [1.165, 1.54) is 19.3 Å². The van der Waals surface area contributed by atoms with Gasteiger partial charge in [-0.05, 0) is 50.8 Å². The van der Waals surface area contributed by atoms with Gasteiger partial charge < -0.3 is 25.2 Å². The number of methoxy groups -OCH3 is 1. The van der Waals surface area contributed by atoms with Crippen molar-refractivity contribution in [3.63, 3.8) is 0 Å². The van der Waals surface area contributed by atoms with Gasteiger partial charge in [0, 0.05) is 24.6 Å². The summed E-state index contributed by atoms with van der Waals surface area (Å²) < 4.78 is 11.1. The Bertz CT molecular complexity index is 634. The number of benzene rings is 1. The molecule has 0 aromatic heterocycles. The van der Waals surface area contributed by atoms with Crippen LogP contribution in [-0.2, 0) is 4.74 Å². The van der Waals surface area contributed by atoms with Crippen LogP contribution >= 0.6 is 24.0 Å². The summed E-state index contributed by atoms with van der Waals surface area (Å²) in [7, 11) is 1.63. The van der Waals surface area contributed by atoms with Gasteiger partial charge in [0.05, 0.1) is 25.9 Å². The van der Waals surface area contributed by atoms with Crippen LogP contribution < -0.4 is 15.4 Å². The molecule has 0 heterocycles. The molecule has 0 aliphatic heterocycles. The fourth-order valence-corrected chi connectivity index (χ4v) is 4.23. The molecule has 28 heavy (non-hydrogen) atoms. The highest BCUT2D eigenvalue weighted by molar-refractivity contribution is 14.0. The second kappa shape index (κ2) is 10.6. The Balaban J connectivity index is 0.00000280. The molecule has 1 aromatic carbocycles. The third-order valence-electron chi connectivity index (χ3n) is 6.02. The number of hydrogen-bond donors (Lipinski definition) is 3. The normalized spacial score (nSPS) is 23.8. The zero-order chi connectivity index (χ0) is 19.3. The van der Waals surface area contributed by atoms with Crippen LogP contribution in [0.4, 0.5) is 0 Å². The summed E-state index contributed by atoms with van der Waals surface area (Å²) in [6.07, 6.45) is 4.50. The first kappa shape index (κ1) is 23.2. The van der Waals surface area contributed by atoms with Crippen LogP contribution in [0.25, 0.3) is 0 Å². The Morgan fingerprint density at radius 1 is 1.29 bits per heavy atom. The molecule has 2 saturated carbocycles. The van der Waals surface area contributed by atoms with Gasteiger partial charge in [0.2, 0.25) is 0 Å². The maximum atomic E-state index is 10.5. The lowest BCUT2D eigenvalue weighted by molar-refractivity contribution is -0.168. The second-order valence-electron chi connectivity index (χ2n) is 7.47. The number of guanidine groups is 1. The Hall–Kier alpha value is -1.06. The molecule has 3 rings (SSSR count). The van der Waals surface area contributed by atoms with E-state index in [1.807, 2.05) is 24.3 Å². The topological polar surface area (TPSA) is 75.1 Å². The van der Waals surface area contributed by atoms with Crippen molar-refractivity contribution in [2.24, 2.45) is 10.4 Å². The van der Waals surface area contributed by atoms with Crippen LogP contribution in [0.5, 0.6) is 5.75 Å². The summed E-state index contributed by atoms with van der Waals surface area (Å²) in [6, 6.07) is 7.87. The molecule has 2 fully saturated rings. The Kier molecular flexibility index (Phi) is 8.82. The van der Waals surface area contributed by atoms with Gasteiger partial charge in [0.25, 0.3) is 0 Å². The Labute approximate surface area is 185 Å². The van der Waals surface area contributed by atoms with Crippen LogP contribution in [0.1, 0.15) is 51.2 Å². The summed E-state index contributed by atoms with van der Waals surface area (Å²) in [5.41, 5.74) is 1.12. The summed E-state index contributed by atoms with van der Waals surface area (Å²) in [5.74, 6) is 1.56. The second-order valence-corrected chi connectivity index (χ2v) is 7.47. The van der Waals surface area contributed by atoms with Gasteiger partial charge in [-0.1, -0.05) is 18.6 Å². The number of aliphatic hydroxyl groups is 1. The highest BCUT2D eigenvalue weighted by Crippen LogP contribution is 2.57. The molecule has 0 radical (unpaired) electrons. The highest BCUT2D eigenvalue weighted by atomic mass is 127. The van der Waals surface area contributed by atoms with Gasteiger partial charge in [0.15, 0.2) is 5.96 Å². The first-order chi connectivity index (χ1) is 13.1. The molecule has 6 nitrogen and oxygen atoms in total. The third kappa shape index (κ3) is 4.91. The number of ether oxygens (including phenoxy) is 2. The maximum Gasteiger partial charge on any atom is 0.191 e. The number of halogens is 1. The van der Waals surface area contributed by atoms with E-state index in [4.69, 9.17) is 9.47 Å². The van der Waals surface area contributed by atoms with Gasteiger partial charge in [-0.15, -0.1) is 24.0 Å². The average molecular weight is 503 g/mol. The van der Waals surface area contributed by atoms with Crippen molar-refractivity contribution in [2.45, 2.75) is 57.8 Å². The Morgan fingerprint density at radius 2 is 2.00 bits per heavy atom. The zero-order valence-corrected chi connectivity index (χ0v) is 19.4. The molecule has 158 valence electrons. The number of nitrogens with one attached hydrogen (secondary N) is 2. The number of rotatable bonds is 8. The van der Waals surface area contributed by atoms with Gasteiger partial charge in [-0.25, -0.2) is 0 Å². The summed E-state index contributed by atoms with van der Waals surface area (Å²) >= 11 is 0. The van der Waals surface area contributed by atoms with E-state index in [-0.39, 0.29) is 29.4 Å². The smallest absolute Gasteiger partial charge is 0.191 e. The van der Waals surface area contributed by atoms with Crippen LogP contribution in [0.15, 0.2) is 29.3 Å². The summed E-state index contributed by atoms with van der Waals surface area (Å²) in [6.45, 7) is 6.01. The van der Waals surface area contributed by atoms with Gasteiger partial charge in [0.1, 0.15) is 5.75 Å². The lowest BCUT2D eigenvalue weighted by atomic mass is 9.51. The molecule has 3 atom stereocenters. The van der Waals surface area contributed by atoms with Crippen molar-refractivity contribution in [1.82, 2.24) is 10.6 Å². The number of aliphatic hydroxyl groups excluding tert-OH is 1. The predicted octanol–water partition coefficient (Wildman–Crippen LogP) is 3.25. The lowest BCUT2D eigenvalue weighted by Gasteiger charge is -2.61. The molecule has 1 aromatic rings. The number of hydrogen-bond acceptors (Lipinski definition) is 4. The molecule has 0 amide bonds. The van der Waals surface area contributed by atoms with E-state index in [9.17, 15) is 5.11 Å². The first-order valence-corrected chi connectivity index (χ1v) is 10.1. The van der Waals surface area contributed by atoms with Crippen LogP contribution in [0, 0.1) is 5.41 Å². The van der Waals surface area contributed by atoms with Crippen molar-refractivity contribution in [2.75, 3.05) is 26.8 Å². The molecular weight excluding hydrogens is 469 g/mol. The largest absolute Gasteiger partial charge is 0.497 e. The van der Waals surface area contributed by atoms with E-state index in [0.717, 1.165) is 36.8 Å². The quantitative estimate of drug-likeness (QED) is 0.289. The maximum absolute atomic E-state index is 10.5. The van der Waals surface area contributed by atoms with E-state index in [0.29, 0.717) is 18.7 Å². The van der Waals surface area contributed by atoms with Crippen molar-refractivity contribution >= 4 is 29.9 Å². The third-order valence-corrected chi connectivity index (χ3v) is 6.02. The first-order valence-electron chi connectivity index (χ1n) is 10.1. The summed E-state index contributed by atoms with van der Waals surface area (Å²) in [4.78, 5) is 4.62. The van der Waals surface area contributed by atoms with Gasteiger partial charge in [-0.3, -0.25) is 4.99 Å². The zero-order valence-electron chi connectivity index (χ0n) is 17.1. The molecule has 3 N–H and O–H groups in total. The molecule has 2 aliphatic rings. The number of aliphatic imine (C=N–C) groups is 1.